The van der Waals surface area contributed by atoms with Gasteiger partial charge in [0.2, 0.25) is 0 Å². The van der Waals surface area contributed by atoms with Crippen LogP contribution < -0.4 is 16.0 Å². The maximum absolute atomic E-state index is 12.8. The first-order valence-electron chi connectivity index (χ1n) is 9.37. The van der Waals surface area contributed by atoms with Gasteiger partial charge in [0.15, 0.2) is 5.11 Å². The molecule has 0 aliphatic rings. The molecule has 0 radical (unpaired) electrons. The number of rotatable bonds is 5. The third-order valence-electron chi connectivity index (χ3n) is 4.47. The lowest BCUT2D eigenvalue weighted by Gasteiger charge is -2.17. The molecule has 0 heterocycles. The van der Waals surface area contributed by atoms with E-state index in [0.29, 0.717) is 16.3 Å². The molecule has 3 N–H and O–H groups in total. The number of amides is 2. The third-order valence-corrected chi connectivity index (χ3v) is 5.22. The van der Waals surface area contributed by atoms with Crippen molar-refractivity contribution >= 4 is 58.0 Å². The highest BCUT2D eigenvalue weighted by Gasteiger charge is 2.17. The van der Waals surface area contributed by atoms with E-state index in [1.54, 1.807) is 30.3 Å². The minimum atomic E-state index is -0.487. The van der Waals surface area contributed by atoms with Crippen LogP contribution in [0.25, 0.3) is 0 Å². The summed E-state index contributed by atoms with van der Waals surface area (Å²) in [5.41, 5.74) is 2.08. The zero-order valence-electron chi connectivity index (χ0n) is 16.5. The minimum absolute atomic E-state index is 0.0346. The van der Waals surface area contributed by atoms with Crippen LogP contribution in [0.5, 0.6) is 0 Å². The van der Waals surface area contributed by atoms with Crippen LogP contribution in [0.3, 0.4) is 0 Å². The molecule has 1 unspecified atom stereocenters. The minimum Gasteiger partial charge on any atom is -0.345 e. The number of nitrogens with one attached hydrogen (secondary N) is 3. The fourth-order valence-electron chi connectivity index (χ4n) is 2.89. The largest absolute Gasteiger partial charge is 0.345 e. The van der Waals surface area contributed by atoms with Crippen molar-refractivity contribution in [3.8, 4) is 0 Å². The molecule has 158 valence electrons. The molecule has 0 aliphatic carbocycles. The Bertz CT molecular complexity index is 1120. The maximum atomic E-state index is 12.8. The van der Waals surface area contributed by atoms with E-state index in [4.69, 9.17) is 35.4 Å². The number of carbonyl (C=O) groups excluding carboxylic acids is 2. The highest BCUT2D eigenvalue weighted by Crippen LogP contribution is 2.21. The van der Waals surface area contributed by atoms with Crippen LogP contribution in [-0.2, 0) is 0 Å². The molecule has 1 atom stereocenters. The van der Waals surface area contributed by atoms with Gasteiger partial charge < -0.3 is 10.6 Å². The van der Waals surface area contributed by atoms with Gasteiger partial charge in [-0.1, -0.05) is 65.7 Å². The van der Waals surface area contributed by atoms with E-state index in [0.717, 1.165) is 5.56 Å². The molecular formula is C23H19Cl2N3O2S. The molecule has 31 heavy (non-hydrogen) atoms. The highest BCUT2D eigenvalue weighted by atomic mass is 35.5. The number of carbonyl (C=O) groups is 2. The van der Waals surface area contributed by atoms with Crippen molar-refractivity contribution in [3.63, 3.8) is 0 Å². The molecule has 5 nitrogen and oxygen atoms in total. The molecule has 0 aliphatic heterocycles. The average molecular weight is 472 g/mol. The Morgan fingerprint density at radius 2 is 1.55 bits per heavy atom. The first kappa shape index (κ1) is 22.7. The number of hydrogen-bond acceptors (Lipinski definition) is 3. The predicted octanol–water partition coefficient (Wildman–Crippen LogP) is 5.61. The maximum Gasteiger partial charge on any atom is 0.258 e. The lowest BCUT2D eigenvalue weighted by Crippen LogP contribution is -2.35. The summed E-state index contributed by atoms with van der Waals surface area (Å²) in [6, 6.07) is 20.9. The number of hydrogen-bond donors (Lipinski definition) is 3. The number of thiocarbonyl (C=S) groups is 1. The molecule has 8 heteroatoms. The molecule has 3 rings (SSSR count). The van der Waals surface area contributed by atoms with Crippen LogP contribution in [0, 0.1) is 0 Å². The van der Waals surface area contributed by atoms with Gasteiger partial charge in [0.1, 0.15) is 0 Å². The van der Waals surface area contributed by atoms with Gasteiger partial charge in [-0.05, 0) is 55.0 Å². The summed E-state index contributed by atoms with van der Waals surface area (Å²) in [5, 5.41) is 9.10. The summed E-state index contributed by atoms with van der Waals surface area (Å²) in [4.78, 5) is 25.3. The number of para-hydroxylation sites is 1. The quantitative estimate of drug-likeness (QED) is 0.422. The number of benzene rings is 3. The Labute approximate surface area is 195 Å². The molecule has 0 fully saturated rings. The van der Waals surface area contributed by atoms with Crippen molar-refractivity contribution < 1.29 is 9.59 Å². The van der Waals surface area contributed by atoms with Crippen LogP contribution in [-0.4, -0.2) is 16.9 Å². The Kier molecular flexibility index (Phi) is 7.63. The Morgan fingerprint density at radius 3 is 2.26 bits per heavy atom. The van der Waals surface area contributed by atoms with Crippen molar-refractivity contribution in [1.29, 1.82) is 0 Å². The molecule has 3 aromatic rings. The normalized spacial score (nSPS) is 11.3. The van der Waals surface area contributed by atoms with E-state index >= 15 is 0 Å². The van der Waals surface area contributed by atoms with Crippen molar-refractivity contribution in [2.24, 2.45) is 0 Å². The fourth-order valence-corrected chi connectivity index (χ4v) is 3.58. The summed E-state index contributed by atoms with van der Waals surface area (Å²) < 4.78 is 0. The Balaban J connectivity index is 1.69. The van der Waals surface area contributed by atoms with Crippen LogP contribution in [0.1, 0.15) is 39.2 Å². The van der Waals surface area contributed by atoms with E-state index in [1.165, 1.54) is 12.1 Å². The van der Waals surface area contributed by atoms with Crippen molar-refractivity contribution in [2.45, 2.75) is 13.0 Å². The second-order valence-electron chi connectivity index (χ2n) is 6.68. The van der Waals surface area contributed by atoms with Gasteiger partial charge in [0, 0.05) is 5.02 Å². The van der Waals surface area contributed by atoms with Crippen molar-refractivity contribution in [3.05, 3.63) is 99.5 Å². The Hall–Kier alpha value is -2.93. The first-order valence-corrected chi connectivity index (χ1v) is 10.5. The van der Waals surface area contributed by atoms with Crippen molar-refractivity contribution in [1.82, 2.24) is 10.6 Å². The molecular weight excluding hydrogens is 453 g/mol. The molecule has 0 saturated heterocycles. The fraction of sp³-hybridized carbons (Fsp3) is 0.0870. The molecule has 2 amide bonds. The van der Waals surface area contributed by atoms with E-state index in [9.17, 15) is 9.59 Å². The summed E-state index contributed by atoms with van der Waals surface area (Å²) in [7, 11) is 0. The van der Waals surface area contributed by atoms with Gasteiger partial charge in [-0.15, -0.1) is 0 Å². The van der Waals surface area contributed by atoms with Crippen LogP contribution in [0.15, 0.2) is 72.8 Å². The number of halogens is 2. The lowest BCUT2D eigenvalue weighted by molar-refractivity contribution is 0.0939. The third kappa shape index (κ3) is 6.04. The SMILES string of the molecule is CC(NC(=O)c1ccccc1NC(=S)NC(=O)c1ccc(Cl)cc1Cl)c1ccccc1. The second kappa shape index (κ2) is 10.4. The van der Waals surface area contributed by atoms with E-state index in [-0.39, 0.29) is 27.6 Å². The molecule has 0 spiro atoms. The predicted molar refractivity (Wildman–Crippen MR) is 129 cm³/mol. The summed E-state index contributed by atoms with van der Waals surface area (Å²) in [6.07, 6.45) is 0. The van der Waals surface area contributed by atoms with Gasteiger partial charge in [-0.3, -0.25) is 14.9 Å². The average Bonchev–Trinajstić information content (AvgIpc) is 2.74. The zero-order chi connectivity index (χ0) is 22.4. The van der Waals surface area contributed by atoms with E-state index in [1.807, 2.05) is 37.3 Å². The first-order chi connectivity index (χ1) is 14.8. The highest BCUT2D eigenvalue weighted by molar-refractivity contribution is 7.80. The summed E-state index contributed by atoms with van der Waals surface area (Å²) in [5.74, 6) is -0.756. The summed E-state index contributed by atoms with van der Waals surface area (Å²) >= 11 is 17.2. The van der Waals surface area contributed by atoms with Gasteiger partial charge in [-0.25, -0.2) is 0 Å². The lowest BCUT2D eigenvalue weighted by atomic mass is 10.1. The van der Waals surface area contributed by atoms with E-state index < -0.39 is 5.91 Å². The standard InChI is InChI=1S/C23H19Cl2N3O2S/c1-14(15-7-3-2-4-8-15)26-22(30)18-9-5-6-10-20(18)27-23(31)28-21(29)17-12-11-16(24)13-19(17)25/h2-14H,1H3,(H,26,30)(H2,27,28,29,31). The molecule has 0 aromatic heterocycles. The van der Waals surface area contributed by atoms with Crippen molar-refractivity contribution in [2.75, 3.05) is 5.32 Å². The van der Waals surface area contributed by atoms with Gasteiger partial charge in [0.25, 0.3) is 11.8 Å². The molecule has 3 aromatic carbocycles. The van der Waals surface area contributed by atoms with Gasteiger partial charge in [-0.2, -0.15) is 0 Å². The topological polar surface area (TPSA) is 70.2 Å². The van der Waals surface area contributed by atoms with Crippen LogP contribution in [0.2, 0.25) is 10.0 Å². The van der Waals surface area contributed by atoms with Gasteiger partial charge in [0.05, 0.1) is 27.9 Å². The van der Waals surface area contributed by atoms with Crippen LogP contribution in [0.4, 0.5) is 5.69 Å². The monoisotopic (exact) mass is 471 g/mol. The van der Waals surface area contributed by atoms with Crippen LogP contribution >= 0.6 is 35.4 Å². The molecule has 0 saturated carbocycles. The second-order valence-corrected chi connectivity index (χ2v) is 7.94. The summed E-state index contributed by atoms with van der Waals surface area (Å²) in [6.45, 7) is 1.91. The van der Waals surface area contributed by atoms with Gasteiger partial charge >= 0.3 is 0 Å². The zero-order valence-corrected chi connectivity index (χ0v) is 18.8. The van der Waals surface area contributed by atoms with E-state index in [2.05, 4.69) is 16.0 Å². The molecule has 0 bridgehead atoms. The Morgan fingerprint density at radius 1 is 0.871 bits per heavy atom. The smallest absolute Gasteiger partial charge is 0.258 e. The number of anilines is 1.